The fourth-order valence-corrected chi connectivity index (χ4v) is 12.5. The smallest absolute Gasteiger partial charge is 0.306 e. The maximum atomic E-state index is 13.1. The van der Waals surface area contributed by atoms with Gasteiger partial charge in [-0.15, -0.1) is 0 Å². The van der Waals surface area contributed by atoms with Gasteiger partial charge < -0.3 is 13.7 Å². The van der Waals surface area contributed by atoms with Crippen LogP contribution in [0.3, 0.4) is 0 Å². The number of benzene rings is 2. The van der Waals surface area contributed by atoms with Crippen molar-refractivity contribution in [3.8, 4) is 0 Å². The first-order valence-electron chi connectivity index (χ1n) is 16.3. The van der Waals surface area contributed by atoms with Crippen LogP contribution in [-0.2, 0) is 14.0 Å². The van der Waals surface area contributed by atoms with Gasteiger partial charge >= 0.3 is 5.97 Å². The number of hydrogen-bond donors (Lipinski definition) is 0. The van der Waals surface area contributed by atoms with Gasteiger partial charge in [-0.25, -0.2) is 0 Å². The van der Waals surface area contributed by atoms with E-state index in [0.717, 1.165) is 52.5 Å². The Morgan fingerprint density at radius 3 is 2.05 bits per heavy atom. The van der Waals surface area contributed by atoms with E-state index in [9.17, 15) is 4.79 Å². The van der Waals surface area contributed by atoms with Crippen LogP contribution in [0.5, 0.6) is 0 Å². The Hall–Kier alpha value is -1.97. The van der Waals surface area contributed by atoms with Gasteiger partial charge in [0.25, 0.3) is 8.32 Å². The molecule has 0 unspecified atom stereocenters. The molecule has 0 N–H and O–H groups in total. The molecule has 2 aromatic carbocycles. The lowest BCUT2D eigenvalue weighted by atomic mass is 9.70. The Morgan fingerprint density at radius 1 is 0.977 bits per heavy atom. The number of rotatable bonds is 13. The molecule has 1 heterocycles. The molecule has 5 nitrogen and oxygen atoms in total. The monoisotopic (exact) mass is 729 g/mol. The summed E-state index contributed by atoms with van der Waals surface area (Å²) in [6.07, 6.45) is 5.42. The maximum absolute atomic E-state index is 13.1. The fourth-order valence-electron chi connectivity index (χ4n) is 6.86. The molecule has 0 saturated heterocycles. The van der Waals surface area contributed by atoms with Gasteiger partial charge in [0, 0.05) is 18.4 Å². The number of nitrogens with zero attached hydrogens (tertiary/aromatic N) is 1. The quantitative estimate of drug-likeness (QED) is 0.0761. The zero-order valence-electron chi connectivity index (χ0n) is 28.0. The SMILES string of the molecule is CC(C)C[C@H]1C[C@@H](c2onc([C@@H](CCCO[Si](c3ccccc3)(c3ccccc3)C(C)(C)C)CC(=O)OC(C)(C)C)c2I)C1. The minimum atomic E-state index is -2.63. The van der Waals surface area contributed by atoms with Gasteiger partial charge in [0.15, 0.2) is 5.76 Å². The van der Waals surface area contributed by atoms with Crippen molar-refractivity contribution in [2.75, 3.05) is 6.61 Å². The maximum Gasteiger partial charge on any atom is 0.306 e. The van der Waals surface area contributed by atoms with Gasteiger partial charge in [-0.05, 0) is 103 Å². The molecule has 0 amide bonds. The number of halogens is 1. The second kappa shape index (κ2) is 14.6. The minimum absolute atomic E-state index is 0.0851. The summed E-state index contributed by atoms with van der Waals surface area (Å²) in [6, 6.07) is 21.5. The first-order chi connectivity index (χ1) is 20.7. The van der Waals surface area contributed by atoms with E-state index in [1.165, 1.54) is 16.8 Å². The van der Waals surface area contributed by atoms with Crippen LogP contribution >= 0.6 is 22.6 Å². The average Bonchev–Trinajstić information content (AvgIpc) is 3.29. The molecule has 1 aromatic heterocycles. The van der Waals surface area contributed by atoms with Gasteiger partial charge in [0.2, 0.25) is 0 Å². The molecule has 1 aliphatic carbocycles. The van der Waals surface area contributed by atoms with Crippen LogP contribution in [0.4, 0.5) is 0 Å². The predicted molar refractivity (Wildman–Crippen MR) is 190 cm³/mol. The van der Waals surface area contributed by atoms with Crippen LogP contribution in [0, 0.1) is 15.4 Å². The third-order valence-electron chi connectivity index (χ3n) is 8.75. The van der Waals surface area contributed by atoms with E-state index in [-0.39, 0.29) is 23.3 Å². The Bertz CT molecular complexity index is 1300. The Labute approximate surface area is 280 Å². The summed E-state index contributed by atoms with van der Waals surface area (Å²) >= 11 is 2.40. The molecule has 44 heavy (non-hydrogen) atoms. The summed E-state index contributed by atoms with van der Waals surface area (Å²) < 4.78 is 20.0. The van der Waals surface area contributed by atoms with E-state index in [1.54, 1.807) is 0 Å². The third kappa shape index (κ3) is 8.43. The van der Waals surface area contributed by atoms with Crippen LogP contribution in [-0.4, -0.2) is 31.7 Å². The summed E-state index contributed by atoms with van der Waals surface area (Å²) in [4.78, 5) is 13.1. The number of hydrogen-bond acceptors (Lipinski definition) is 5. The highest BCUT2D eigenvalue weighted by molar-refractivity contribution is 14.1. The number of esters is 1. The molecule has 4 rings (SSSR count). The highest BCUT2D eigenvalue weighted by Crippen LogP contribution is 2.47. The second-order valence-electron chi connectivity index (χ2n) is 15.1. The van der Waals surface area contributed by atoms with E-state index < -0.39 is 13.9 Å². The van der Waals surface area contributed by atoms with E-state index in [1.807, 2.05) is 20.8 Å². The molecule has 1 fully saturated rings. The topological polar surface area (TPSA) is 61.6 Å². The Morgan fingerprint density at radius 2 is 1.55 bits per heavy atom. The molecule has 7 heteroatoms. The predicted octanol–water partition coefficient (Wildman–Crippen LogP) is 8.99. The Balaban J connectivity index is 1.54. The lowest BCUT2D eigenvalue weighted by Gasteiger charge is -2.43. The summed E-state index contributed by atoms with van der Waals surface area (Å²) in [5, 5.41) is 7.06. The second-order valence-corrected chi connectivity index (χ2v) is 20.4. The van der Waals surface area contributed by atoms with Crippen LogP contribution in [0.1, 0.15) is 117 Å². The van der Waals surface area contributed by atoms with Crippen molar-refractivity contribution in [1.82, 2.24) is 5.16 Å². The van der Waals surface area contributed by atoms with Crippen molar-refractivity contribution in [3.63, 3.8) is 0 Å². The first kappa shape index (κ1) is 34.9. The molecule has 1 aliphatic rings. The molecule has 0 aliphatic heterocycles. The highest BCUT2D eigenvalue weighted by atomic mass is 127. The van der Waals surface area contributed by atoms with Crippen molar-refractivity contribution in [3.05, 3.63) is 75.7 Å². The van der Waals surface area contributed by atoms with Gasteiger partial charge in [-0.3, -0.25) is 4.79 Å². The molecule has 1 saturated carbocycles. The largest absolute Gasteiger partial charge is 0.460 e. The molecule has 0 bridgehead atoms. The van der Waals surface area contributed by atoms with Gasteiger partial charge in [-0.1, -0.05) is 100 Å². The third-order valence-corrected chi connectivity index (χ3v) is 14.9. The summed E-state index contributed by atoms with van der Waals surface area (Å²) in [6.45, 7) is 17.8. The normalized spacial score (nSPS) is 18.2. The van der Waals surface area contributed by atoms with Crippen molar-refractivity contribution < 1.29 is 18.5 Å². The average molecular weight is 730 g/mol. The molecule has 0 radical (unpaired) electrons. The van der Waals surface area contributed by atoms with Gasteiger partial charge in [0.05, 0.1) is 9.99 Å². The van der Waals surface area contributed by atoms with E-state index in [4.69, 9.17) is 13.7 Å². The number of ether oxygens (including phenoxy) is 1. The van der Waals surface area contributed by atoms with Crippen LogP contribution in [0.15, 0.2) is 65.2 Å². The fraction of sp³-hybridized carbons (Fsp3) is 0.568. The number of aromatic nitrogens is 1. The zero-order valence-corrected chi connectivity index (χ0v) is 31.1. The van der Waals surface area contributed by atoms with Gasteiger partial charge in [0.1, 0.15) is 11.3 Å². The first-order valence-corrected chi connectivity index (χ1v) is 19.3. The van der Waals surface area contributed by atoms with Crippen LogP contribution < -0.4 is 10.4 Å². The zero-order chi connectivity index (χ0) is 32.1. The van der Waals surface area contributed by atoms with Crippen molar-refractivity contribution in [1.29, 1.82) is 0 Å². The van der Waals surface area contributed by atoms with Crippen LogP contribution in [0.2, 0.25) is 5.04 Å². The number of carbonyl (C=O) groups excluding carboxylic acids is 1. The standard InChI is InChI=1S/C37H52INO4Si/c1-26(2)22-27-23-29(24-27)35-33(38)34(39-43-35)28(25-32(40)42-36(3,4)5)16-15-21-41-44(37(6,7)8,30-17-11-9-12-18-30)31-19-13-10-14-20-31/h9-14,17-20,26-29H,15-16,21-25H2,1-8H3/t27-,28-,29+/m0/s1. The van der Waals surface area contributed by atoms with E-state index in [0.29, 0.717) is 12.5 Å². The number of carbonyl (C=O) groups is 1. The van der Waals surface area contributed by atoms with Crippen molar-refractivity contribution in [2.45, 2.75) is 116 Å². The van der Waals surface area contributed by atoms with Crippen LogP contribution in [0.25, 0.3) is 0 Å². The summed E-state index contributed by atoms with van der Waals surface area (Å²) in [7, 11) is -2.63. The van der Waals surface area contributed by atoms with Gasteiger partial charge in [-0.2, -0.15) is 0 Å². The highest BCUT2D eigenvalue weighted by Gasteiger charge is 2.50. The molecule has 240 valence electrons. The lowest BCUT2D eigenvalue weighted by Crippen LogP contribution is -2.66. The molecular formula is C37H52INO4Si. The van der Waals surface area contributed by atoms with E-state index in [2.05, 4.69) is 123 Å². The van der Waals surface area contributed by atoms with Crippen molar-refractivity contribution >= 4 is 47.3 Å². The lowest BCUT2D eigenvalue weighted by molar-refractivity contribution is -0.155. The molecular weight excluding hydrogens is 677 g/mol. The summed E-state index contributed by atoms with van der Waals surface area (Å²) in [5.41, 5.74) is 0.359. The minimum Gasteiger partial charge on any atom is -0.460 e. The van der Waals surface area contributed by atoms with Crippen molar-refractivity contribution in [2.24, 2.45) is 11.8 Å². The molecule has 3 aromatic rings. The Kier molecular flexibility index (Phi) is 11.6. The molecule has 0 spiro atoms. The molecule has 1 atom stereocenters. The summed E-state index contributed by atoms with van der Waals surface area (Å²) in [5.74, 6) is 2.61. The van der Waals surface area contributed by atoms with E-state index >= 15 is 0 Å².